The van der Waals surface area contributed by atoms with Crippen LogP contribution >= 0.6 is 11.3 Å². The van der Waals surface area contributed by atoms with E-state index in [2.05, 4.69) is 15.3 Å². The second-order valence-corrected chi connectivity index (χ2v) is 3.77. The van der Waals surface area contributed by atoms with E-state index < -0.39 is 11.7 Å². The number of thiazole rings is 1. The van der Waals surface area contributed by atoms with Gasteiger partial charge in [-0.15, -0.1) is 11.3 Å². The molecule has 2 aromatic heterocycles. The van der Waals surface area contributed by atoms with Crippen molar-refractivity contribution in [3.63, 3.8) is 0 Å². The van der Waals surface area contributed by atoms with Crippen molar-refractivity contribution in [2.24, 2.45) is 0 Å². The third-order valence-electron chi connectivity index (χ3n) is 1.78. The molecule has 0 saturated carbocycles. The Bertz CT molecular complexity index is 528. The zero-order valence-electron chi connectivity index (χ0n) is 7.98. The lowest BCUT2D eigenvalue weighted by Gasteiger charge is -2.02. The summed E-state index contributed by atoms with van der Waals surface area (Å²) in [5.74, 6) is -1.10. The fourth-order valence-electron chi connectivity index (χ4n) is 1.05. The largest absolute Gasteiger partial charge is 0.375 e. The molecule has 3 N–H and O–H groups in total. The Balaban J connectivity index is 2.17. The number of rotatable bonds is 2. The second kappa shape index (κ2) is 4.23. The summed E-state index contributed by atoms with van der Waals surface area (Å²) in [6.07, 6.45) is 2.40. The number of nitrogens with zero attached hydrogens (tertiary/aromatic N) is 2. The number of carbonyl (C=O) groups excluding carboxylic acids is 1. The van der Waals surface area contributed by atoms with Crippen LogP contribution in [0, 0.1) is 5.82 Å². The summed E-state index contributed by atoms with van der Waals surface area (Å²) < 4.78 is 13.2. The van der Waals surface area contributed by atoms with Gasteiger partial charge in [-0.2, -0.15) is 0 Å². The summed E-state index contributed by atoms with van der Waals surface area (Å²) in [6, 6.07) is 1.36. The average molecular weight is 238 g/mol. The van der Waals surface area contributed by atoms with Crippen molar-refractivity contribution in [3.05, 3.63) is 35.4 Å². The van der Waals surface area contributed by atoms with E-state index in [9.17, 15) is 9.18 Å². The number of nitrogens with two attached hydrogens (primary N) is 1. The number of carbonyl (C=O) groups is 1. The second-order valence-electron chi connectivity index (χ2n) is 2.88. The summed E-state index contributed by atoms with van der Waals surface area (Å²) in [7, 11) is 0. The lowest BCUT2D eigenvalue weighted by atomic mass is 10.3. The van der Waals surface area contributed by atoms with Gasteiger partial charge >= 0.3 is 0 Å². The van der Waals surface area contributed by atoms with E-state index in [1.54, 1.807) is 0 Å². The Labute approximate surface area is 94.1 Å². The standard InChI is InChI=1S/C9H7FN4OS/c10-5-3-12-2-1-6(5)13-8(15)7-4-16-9(11)14-7/h1-4H,(H2,11,14)(H,12,13,15). The Morgan fingerprint density at radius 1 is 1.56 bits per heavy atom. The third kappa shape index (κ3) is 2.14. The molecule has 82 valence electrons. The molecule has 0 spiro atoms. The summed E-state index contributed by atoms with van der Waals surface area (Å²) in [5.41, 5.74) is 5.61. The number of hydrogen-bond donors (Lipinski definition) is 2. The van der Waals surface area contributed by atoms with Gasteiger partial charge in [0, 0.05) is 11.6 Å². The molecule has 0 atom stereocenters. The molecule has 7 heteroatoms. The lowest BCUT2D eigenvalue weighted by molar-refractivity contribution is 0.102. The van der Waals surface area contributed by atoms with Gasteiger partial charge in [0.2, 0.25) is 0 Å². The summed E-state index contributed by atoms with van der Waals surface area (Å²) in [4.78, 5) is 18.9. The number of halogens is 1. The predicted molar refractivity (Wildman–Crippen MR) is 58.7 cm³/mol. The van der Waals surface area contributed by atoms with Crippen LogP contribution in [0.5, 0.6) is 0 Å². The first-order valence-corrected chi connectivity index (χ1v) is 5.16. The molecule has 0 fully saturated rings. The van der Waals surface area contributed by atoms with E-state index in [-0.39, 0.29) is 11.4 Å². The smallest absolute Gasteiger partial charge is 0.275 e. The molecule has 2 aromatic rings. The molecule has 0 aliphatic carbocycles. The van der Waals surface area contributed by atoms with Crippen LogP contribution in [-0.2, 0) is 0 Å². The zero-order valence-corrected chi connectivity index (χ0v) is 8.79. The quantitative estimate of drug-likeness (QED) is 0.831. The van der Waals surface area contributed by atoms with Crippen molar-refractivity contribution in [1.29, 1.82) is 0 Å². The van der Waals surface area contributed by atoms with Crippen LogP contribution in [0.1, 0.15) is 10.5 Å². The molecule has 0 saturated heterocycles. The third-order valence-corrected chi connectivity index (χ3v) is 2.45. The van der Waals surface area contributed by atoms with Crippen LogP contribution in [0.3, 0.4) is 0 Å². The Kier molecular flexibility index (Phi) is 2.78. The van der Waals surface area contributed by atoms with Crippen LogP contribution in [0.25, 0.3) is 0 Å². The van der Waals surface area contributed by atoms with E-state index in [0.717, 1.165) is 17.5 Å². The number of pyridine rings is 1. The molecule has 1 amide bonds. The minimum absolute atomic E-state index is 0.0616. The van der Waals surface area contributed by atoms with Crippen LogP contribution in [0.4, 0.5) is 15.2 Å². The van der Waals surface area contributed by atoms with Crippen LogP contribution in [0.15, 0.2) is 23.8 Å². The molecular formula is C9H7FN4OS. The Morgan fingerprint density at radius 3 is 3.00 bits per heavy atom. The zero-order chi connectivity index (χ0) is 11.5. The highest BCUT2D eigenvalue weighted by molar-refractivity contribution is 7.13. The molecule has 0 aliphatic heterocycles. The van der Waals surface area contributed by atoms with Gasteiger partial charge in [-0.25, -0.2) is 9.37 Å². The molecule has 0 aliphatic rings. The van der Waals surface area contributed by atoms with E-state index >= 15 is 0 Å². The fourth-order valence-corrected chi connectivity index (χ4v) is 1.60. The van der Waals surface area contributed by atoms with Crippen molar-refractivity contribution < 1.29 is 9.18 Å². The van der Waals surface area contributed by atoms with Crippen LogP contribution in [-0.4, -0.2) is 15.9 Å². The minimum Gasteiger partial charge on any atom is -0.375 e. The summed E-state index contributed by atoms with van der Waals surface area (Å²) >= 11 is 1.15. The lowest BCUT2D eigenvalue weighted by Crippen LogP contribution is -2.13. The first kappa shape index (κ1) is 10.5. The number of nitrogens with one attached hydrogen (secondary N) is 1. The molecule has 5 nitrogen and oxygen atoms in total. The van der Waals surface area contributed by atoms with Gasteiger partial charge < -0.3 is 11.1 Å². The van der Waals surface area contributed by atoms with Gasteiger partial charge in [-0.05, 0) is 6.07 Å². The van der Waals surface area contributed by atoms with Gasteiger partial charge in [0.25, 0.3) is 5.91 Å². The summed E-state index contributed by atoms with van der Waals surface area (Å²) in [6.45, 7) is 0. The van der Waals surface area contributed by atoms with E-state index in [1.807, 2.05) is 0 Å². The number of amides is 1. The van der Waals surface area contributed by atoms with Gasteiger partial charge in [0.1, 0.15) is 5.69 Å². The highest BCUT2D eigenvalue weighted by Gasteiger charge is 2.11. The van der Waals surface area contributed by atoms with Crippen molar-refractivity contribution in [2.45, 2.75) is 0 Å². The van der Waals surface area contributed by atoms with E-state index in [1.165, 1.54) is 17.6 Å². The SMILES string of the molecule is Nc1nc(C(=O)Nc2ccncc2F)cs1. The van der Waals surface area contributed by atoms with Crippen LogP contribution < -0.4 is 11.1 Å². The number of hydrogen-bond acceptors (Lipinski definition) is 5. The molecule has 0 bridgehead atoms. The highest BCUT2D eigenvalue weighted by atomic mass is 32.1. The summed E-state index contributed by atoms with van der Waals surface area (Å²) in [5, 5.41) is 4.17. The van der Waals surface area contributed by atoms with Crippen LogP contribution in [0.2, 0.25) is 0 Å². The minimum atomic E-state index is -0.598. The molecule has 2 rings (SSSR count). The molecule has 0 unspecified atom stereocenters. The van der Waals surface area contributed by atoms with E-state index in [0.29, 0.717) is 5.13 Å². The van der Waals surface area contributed by atoms with Gasteiger partial charge in [-0.1, -0.05) is 0 Å². The van der Waals surface area contributed by atoms with Gasteiger partial charge in [0.05, 0.1) is 11.9 Å². The normalized spacial score (nSPS) is 10.1. The van der Waals surface area contributed by atoms with Crippen molar-refractivity contribution in [2.75, 3.05) is 11.1 Å². The Hall–Kier alpha value is -2.02. The maximum atomic E-state index is 13.2. The monoisotopic (exact) mass is 238 g/mol. The maximum absolute atomic E-state index is 13.2. The predicted octanol–water partition coefficient (Wildman–Crippen LogP) is 1.51. The molecular weight excluding hydrogens is 231 g/mol. The molecule has 16 heavy (non-hydrogen) atoms. The highest BCUT2D eigenvalue weighted by Crippen LogP contribution is 2.15. The van der Waals surface area contributed by atoms with Crippen molar-refractivity contribution >= 4 is 28.1 Å². The number of aromatic nitrogens is 2. The topological polar surface area (TPSA) is 80.9 Å². The first-order chi connectivity index (χ1) is 7.66. The molecule has 0 radical (unpaired) electrons. The fraction of sp³-hybridized carbons (Fsp3) is 0. The Morgan fingerprint density at radius 2 is 2.38 bits per heavy atom. The molecule has 0 aromatic carbocycles. The van der Waals surface area contributed by atoms with Gasteiger partial charge in [0.15, 0.2) is 10.9 Å². The first-order valence-electron chi connectivity index (χ1n) is 4.28. The van der Waals surface area contributed by atoms with Crippen molar-refractivity contribution in [3.8, 4) is 0 Å². The number of nitrogen functional groups attached to an aromatic ring is 1. The van der Waals surface area contributed by atoms with E-state index in [4.69, 9.17) is 5.73 Å². The average Bonchev–Trinajstić information content (AvgIpc) is 2.68. The maximum Gasteiger partial charge on any atom is 0.275 e. The molecule has 2 heterocycles. The van der Waals surface area contributed by atoms with Gasteiger partial charge in [-0.3, -0.25) is 9.78 Å². The number of anilines is 2. The van der Waals surface area contributed by atoms with Crippen molar-refractivity contribution in [1.82, 2.24) is 9.97 Å².